The summed E-state index contributed by atoms with van der Waals surface area (Å²) in [7, 11) is 1.74. The summed E-state index contributed by atoms with van der Waals surface area (Å²) in [5.41, 5.74) is 3.21. The minimum atomic E-state index is 0.296. The standard InChI is InChI=1S/C17H27NO/c1-12(17(2,3)4)18-16-8-6-7-13-11-14(19-5)9-10-15(13)16/h9-12,16,18H,6-8H2,1-5H3. The van der Waals surface area contributed by atoms with Gasteiger partial charge in [0.25, 0.3) is 0 Å². The van der Waals surface area contributed by atoms with Gasteiger partial charge in [-0.15, -0.1) is 0 Å². The molecule has 1 N–H and O–H groups in total. The summed E-state index contributed by atoms with van der Waals surface area (Å²) >= 11 is 0. The Morgan fingerprint density at radius 3 is 2.68 bits per heavy atom. The van der Waals surface area contributed by atoms with E-state index in [1.54, 1.807) is 7.11 Å². The molecule has 0 fully saturated rings. The number of fused-ring (bicyclic) bond motifs is 1. The zero-order chi connectivity index (χ0) is 14.0. The molecule has 0 amide bonds. The maximum Gasteiger partial charge on any atom is 0.119 e. The van der Waals surface area contributed by atoms with E-state index in [1.165, 1.54) is 30.4 Å². The quantitative estimate of drug-likeness (QED) is 0.884. The molecule has 0 saturated carbocycles. The third-order valence-electron chi connectivity index (χ3n) is 4.41. The molecule has 0 bridgehead atoms. The molecular formula is C17H27NO. The first-order valence-electron chi connectivity index (χ1n) is 7.34. The third kappa shape index (κ3) is 3.30. The maximum absolute atomic E-state index is 5.33. The van der Waals surface area contributed by atoms with Gasteiger partial charge in [0.05, 0.1) is 7.11 Å². The van der Waals surface area contributed by atoms with Gasteiger partial charge in [-0.2, -0.15) is 0 Å². The van der Waals surface area contributed by atoms with E-state index in [0.29, 0.717) is 17.5 Å². The van der Waals surface area contributed by atoms with Gasteiger partial charge in [0.1, 0.15) is 5.75 Å². The molecule has 2 unspecified atom stereocenters. The lowest BCUT2D eigenvalue weighted by atomic mass is 9.83. The van der Waals surface area contributed by atoms with Crippen molar-refractivity contribution < 1.29 is 4.74 Å². The first-order chi connectivity index (χ1) is 8.91. The minimum Gasteiger partial charge on any atom is -0.497 e. The highest BCUT2D eigenvalue weighted by atomic mass is 16.5. The number of aryl methyl sites for hydroxylation is 1. The van der Waals surface area contributed by atoms with Crippen LogP contribution in [0.2, 0.25) is 0 Å². The summed E-state index contributed by atoms with van der Waals surface area (Å²) in [5.74, 6) is 0.975. The fourth-order valence-corrected chi connectivity index (χ4v) is 2.64. The van der Waals surface area contributed by atoms with Gasteiger partial charge < -0.3 is 10.1 Å². The molecule has 2 atom stereocenters. The van der Waals surface area contributed by atoms with Crippen molar-refractivity contribution in [3.8, 4) is 5.75 Å². The molecule has 0 radical (unpaired) electrons. The van der Waals surface area contributed by atoms with E-state index in [1.807, 2.05) is 0 Å². The summed E-state index contributed by atoms with van der Waals surface area (Å²) < 4.78 is 5.33. The normalized spacial score (nSPS) is 20.8. The molecule has 106 valence electrons. The van der Waals surface area contributed by atoms with E-state index in [-0.39, 0.29) is 0 Å². The smallest absolute Gasteiger partial charge is 0.119 e. The second kappa shape index (κ2) is 5.54. The molecule has 0 saturated heterocycles. The van der Waals surface area contributed by atoms with Gasteiger partial charge >= 0.3 is 0 Å². The van der Waals surface area contributed by atoms with Crippen molar-refractivity contribution >= 4 is 0 Å². The highest BCUT2D eigenvalue weighted by molar-refractivity contribution is 5.39. The second-order valence-electron chi connectivity index (χ2n) is 6.76. The molecule has 0 spiro atoms. The monoisotopic (exact) mass is 261 g/mol. The van der Waals surface area contributed by atoms with Crippen LogP contribution in [0.1, 0.15) is 57.7 Å². The number of benzene rings is 1. The lowest BCUT2D eigenvalue weighted by molar-refractivity contribution is 0.253. The zero-order valence-electron chi connectivity index (χ0n) is 12.9. The molecule has 1 aliphatic carbocycles. The molecule has 0 aliphatic heterocycles. The number of rotatable bonds is 3. The lowest BCUT2D eigenvalue weighted by Gasteiger charge is -2.35. The number of hydrogen-bond acceptors (Lipinski definition) is 2. The fourth-order valence-electron chi connectivity index (χ4n) is 2.64. The fraction of sp³-hybridized carbons (Fsp3) is 0.647. The zero-order valence-corrected chi connectivity index (χ0v) is 12.9. The van der Waals surface area contributed by atoms with Gasteiger partial charge in [0.15, 0.2) is 0 Å². The van der Waals surface area contributed by atoms with Gasteiger partial charge in [0.2, 0.25) is 0 Å². The Labute approximate surface area is 117 Å². The van der Waals surface area contributed by atoms with Gasteiger partial charge in [-0.1, -0.05) is 26.8 Å². The van der Waals surface area contributed by atoms with Crippen LogP contribution in [0.3, 0.4) is 0 Å². The van der Waals surface area contributed by atoms with Crippen molar-refractivity contribution in [2.45, 2.75) is 59.0 Å². The Kier molecular flexibility index (Phi) is 4.19. The van der Waals surface area contributed by atoms with Crippen molar-refractivity contribution in [2.24, 2.45) is 5.41 Å². The lowest BCUT2D eigenvalue weighted by Crippen LogP contribution is -2.40. The van der Waals surface area contributed by atoms with Crippen LogP contribution in [-0.2, 0) is 6.42 Å². The van der Waals surface area contributed by atoms with Crippen molar-refractivity contribution in [2.75, 3.05) is 7.11 Å². The number of hydrogen-bond donors (Lipinski definition) is 1. The third-order valence-corrected chi connectivity index (χ3v) is 4.41. The molecule has 1 aromatic rings. The molecular weight excluding hydrogens is 234 g/mol. The summed E-state index contributed by atoms with van der Waals surface area (Å²) in [6, 6.07) is 7.51. The van der Waals surface area contributed by atoms with Crippen molar-refractivity contribution in [3.05, 3.63) is 29.3 Å². The largest absolute Gasteiger partial charge is 0.497 e. The van der Waals surface area contributed by atoms with Crippen LogP contribution in [0.15, 0.2) is 18.2 Å². The van der Waals surface area contributed by atoms with Crippen LogP contribution in [0.4, 0.5) is 0 Å². The van der Waals surface area contributed by atoms with E-state index in [4.69, 9.17) is 4.74 Å². The summed E-state index contributed by atoms with van der Waals surface area (Å²) in [5, 5.41) is 3.81. The average molecular weight is 261 g/mol. The molecule has 0 heterocycles. The first-order valence-corrected chi connectivity index (χ1v) is 7.34. The summed E-state index contributed by atoms with van der Waals surface area (Å²) in [4.78, 5) is 0. The van der Waals surface area contributed by atoms with Crippen LogP contribution < -0.4 is 10.1 Å². The predicted molar refractivity (Wildman–Crippen MR) is 80.7 cm³/mol. The maximum atomic E-state index is 5.33. The SMILES string of the molecule is COc1ccc2c(c1)CCCC2NC(C)C(C)(C)C. The van der Waals surface area contributed by atoms with Gasteiger partial charge in [0, 0.05) is 12.1 Å². The first kappa shape index (κ1) is 14.4. The molecule has 1 aromatic carbocycles. The predicted octanol–water partition coefficient (Wildman–Crippen LogP) is 4.10. The van der Waals surface area contributed by atoms with Gasteiger partial charge in [-0.3, -0.25) is 0 Å². The van der Waals surface area contributed by atoms with E-state index in [9.17, 15) is 0 Å². The van der Waals surface area contributed by atoms with Crippen molar-refractivity contribution in [1.29, 1.82) is 0 Å². The highest BCUT2D eigenvalue weighted by Crippen LogP contribution is 2.33. The minimum absolute atomic E-state index is 0.296. The topological polar surface area (TPSA) is 21.3 Å². The van der Waals surface area contributed by atoms with E-state index >= 15 is 0 Å². The van der Waals surface area contributed by atoms with Crippen LogP contribution in [0.25, 0.3) is 0 Å². The number of methoxy groups -OCH3 is 1. The summed E-state index contributed by atoms with van der Waals surface area (Å²) in [6.45, 7) is 9.17. The average Bonchev–Trinajstić information content (AvgIpc) is 2.37. The Morgan fingerprint density at radius 1 is 1.32 bits per heavy atom. The molecule has 2 nitrogen and oxygen atoms in total. The Bertz CT molecular complexity index is 433. The molecule has 2 heteroatoms. The van der Waals surface area contributed by atoms with Crippen LogP contribution >= 0.6 is 0 Å². The van der Waals surface area contributed by atoms with Gasteiger partial charge in [-0.05, 0) is 54.9 Å². The van der Waals surface area contributed by atoms with Crippen molar-refractivity contribution in [1.82, 2.24) is 5.32 Å². The van der Waals surface area contributed by atoms with Crippen LogP contribution in [0.5, 0.6) is 5.75 Å². The molecule has 2 rings (SSSR count). The van der Waals surface area contributed by atoms with E-state index in [0.717, 1.165) is 5.75 Å². The highest BCUT2D eigenvalue weighted by Gasteiger charge is 2.26. The van der Waals surface area contributed by atoms with Crippen LogP contribution in [0, 0.1) is 5.41 Å². The van der Waals surface area contributed by atoms with Gasteiger partial charge in [-0.25, -0.2) is 0 Å². The van der Waals surface area contributed by atoms with E-state index < -0.39 is 0 Å². The molecule has 0 aromatic heterocycles. The van der Waals surface area contributed by atoms with E-state index in [2.05, 4.69) is 51.2 Å². The molecule has 1 aliphatic rings. The Balaban J connectivity index is 2.18. The summed E-state index contributed by atoms with van der Waals surface area (Å²) in [6.07, 6.45) is 3.67. The number of nitrogens with one attached hydrogen (secondary N) is 1. The number of ether oxygens (including phenoxy) is 1. The van der Waals surface area contributed by atoms with Crippen LogP contribution in [-0.4, -0.2) is 13.2 Å². The Morgan fingerprint density at radius 2 is 2.05 bits per heavy atom. The second-order valence-corrected chi connectivity index (χ2v) is 6.76. The molecule has 19 heavy (non-hydrogen) atoms. The Hall–Kier alpha value is -1.02. The van der Waals surface area contributed by atoms with Crippen molar-refractivity contribution in [3.63, 3.8) is 0 Å².